The maximum absolute atomic E-state index is 6.41. The Morgan fingerprint density at radius 3 is 2.00 bits per heavy atom. The van der Waals surface area contributed by atoms with Crippen LogP contribution in [0.2, 0.25) is 0 Å². The van der Waals surface area contributed by atoms with Crippen molar-refractivity contribution in [2.75, 3.05) is 13.1 Å². The molecule has 116 valence electrons. The van der Waals surface area contributed by atoms with E-state index in [0.717, 1.165) is 31.0 Å². The van der Waals surface area contributed by atoms with Crippen molar-refractivity contribution >= 4 is 0 Å². The van der Waals surface area contributed by atoms with Gasteiger partial charge in [-0.2, -0.15) is 0 Å². The van der Waals surface area contributed by atoms with Crippen molar-refractivity contribution in [2.24, 2.45) is 17.6 Å². The molecule has 2 atom stereocenters. The molecule has 0 spiro atoms. The number of hydrogen-bond acceptors (Lipinski definition) is 3. The molecule has 3 nitrogen and oxygen atoms in total. The Labute approximate surface area is 124 Å². The molecular weight excluding hydrogens is 248 g/mol. The topological polar surface area (TPSA) is 42.4 Å². The lowest BCUT2D eigenvalue weighted by atomic mass is 9.99. The van der Waals surface area contributed by atoms with Crippen molar-refractivity contribution in [1.82, 2.24) is 4.90 Å². The summed E-state index contributed by atoms with van der Waals surface area (Å²) in [6.07, 6.45) is 0.955. The highest BCUT2D eigenvalue weighted by Crippen LogP contribution is 2.28. The summed E-state index contributed by atoms with van der Waals surface area (Å²) in [6.45, 7) is 15.3. The van der Waals surface area contributed by atoms with Crippen molar-refractivity contribution in [1.29, 1.82) is 0 Å². The lowest BCUT2D eigenvalue weighted by Gasteiger charge is -2.36. The summed E-state index contributed by atoms with van der Waals surface area (Å²) in [7, 11) is 0. The Morgan fingerprint density at radius 2 is 1.65 bits per heavy atom. The summed E-state index contributed by atoms with van der Waals surface area (Å²) >= 11 is 0. The second-order valence-electron chi connectivity index (χ2n) is 6.71. The minimum atomic E-state index is 0.109. The van der Waals surface area contributed by atoms with Gasteiger partial charge in [-0.25, -0.2) is 0 Å². The molecule has 2 unspecified atom stereocenters. The van der Waals surface area contributed by atoms with Crippen LogP contribution in [0.3, 0.4) is 0 Å². The van der Waals surface area contributed by atoms with Gasteiger partial charge in [-0.15, -0.1) is 0 Å². The van der Waals surface area contributed by atoms with Crippen LogP contribution in [0.5, 0.6) is 0 Å². The lowest BCUT2D eigenvalue weighted by Crippen LogP contribution is -2.43. The van der Waals surface area contributed by atoms with Crippen LogP contribution in [-0.4, -0.2) is 24.0 Å². The van der Waals surface area contributed by atoms with E-state index in [1.807, 2.05) is 13.0 Å². The van der Waals surface area contributed by atoms with Gasteiger partial charge in [0.25, 0.3) is 0 Å². The fraction of sp³-hybridized carbons (Fsp3) is 0.765. The van der Waals surface area contributed by atoms with Gasteiger partial charge in [-0.3, -0.25) is 4.90 Å². The maximum atomic E-state index is 6.41. The quantitative estimate of drug-likeness (QED) is 0.783. The number of aryl methyl sites for hydroxylation is 1. The first-order valence-corrected chi connectivity index (χ1v) is 7.91. The zero-order valence-corrected chi connectivity index (χ0v) is 14.0. The molecule has 0 amide bonds. The van der Waals surface area contributed by atoms with E-state index >= 15 is 0 Å². The van der Waals surface area contributed by atoms with E-state index in [4.69, 9.17) is 10.2 Å². The average molecular weight is 280 g/mol. The van der Waals surface area contributed by atoms with Gasteiger partial charge in [0.1, 0.15) is 11.5 Å². The molecule has 0 aliphatic carbocycles. The van der Waals surface area contributed by atoms with Crippen LogP contribution in [0, 0.1) is 18.8 Å². The van der Waals surface area contributed by atoms with Gasteiger partial charge in [-0.1, -0.05) is 34.6 Å². The molecule has 1 aromatic heterocycles. The summed E-state index contributed by atoms with van der Waals surface area (Å²) in [4.78, 5) is 2.50. The Kier molecular flexibility index (Phi) is 6.77. The first-order valence-electron chi connectivity index (χ1n) is 7.91. The Balaban J connectivity index is 3.03. The monoisotopic (exact) mass is 280 g/mol. The lowest BCUT2D eigenvalue weighted by molar-refractivity contribution is 0.117. The summed E-state index contributed by atoms with van der Waals surface area (Å²) in [5.74, 6) is 3.22. The molecule has 0 saturated carbocycles. The second-order valence-corrected chi connectivity index (χ2v) is 6.71. The highest BCUT2D eigenvalue weighted by Gasteiger charge is 2.29. The molecule has 1 rings (SSSR count). The predicted octanol–water partition coefficient (Wildman–Crippen LogP) is 3.98. The fourth-order valence-corrected chi connectivity index (χ4v) is 2.74. The zero-order chi connectivity index (χ0) is 15.3. The average Bonchev–Trinajstić information content (AvgIpc) is 2.74. The van der Waals surface area contributed by atoms with Crippen molar-refractivity contribution in [3.63, 3.8) is 0 Å². The van der Waals surface area contributed by atoms with Gasteiger partial charge < -0.3 is 10.2 Å². The van der Waals surface area contributed by atoms with Crippen LogP contribution >= 0.6 is 0 Å². The molecule has 0 fully saturated rings. The second kappa shape index (κ2) is 7.84. The Bertz CT molecular complexity index is 374. The third kappa shape index (κ3) is 4.95. The van der Waals surface area contributed by atoms with Crippen LogP contribution in [0.15, 0.2) is 16.5 Å². The van der Waals surface area contributed by atoms with Crippen LogP contribution in [0.4, 0.5) is 0 Å². The minimum absolute atomic E-state index is 0.109. The zero-order valence-electron chi connectivity index (χ0n) is 14.0. The van der Waals surface area contributed by atoms with Gasteiger partial charge in [0.05, 0.1) is 6.04 Å². The number of nitrogens with two attached hydrogens (primary N) is 1. The normalized spacial score (nSPS) is 15.3. The Morgan fingerprint density at radius 1 is 1.10 bits per heavy atom. The van der Waals surface area contributed by atoms with Gasteiger partial charge in [0, 0.05) is 19.1 Å². The van der Waals surface area contributed by atoms with E-state index in [0.29, 0.717) is 11.8 Å². The summed E-state index contributed by atoms with van der Waals surface area (Å²) in [5, 5.41) is 0. The van der Waals surface area contributed by atoms with Crippen LogP contribution in [-0.2, 0) is 0 Å². The Hall–Kier alpha value is -0.800. The smallest absolute Gasteiger partial charge is 0.122 e. The molecule has 1 aromatic rings. The van der Waals surface area contributed by atoms with Gasteiger partial charge >= 0.3 is 0 Å². The number of nitrogens with zero attached hydrogens (tertiary/aromatic N) is 1. The molecule has 3 heteroatoms. The molecule has 0 radical (unpaired) electrons. The molecule has 0 bridgehead atoms. The highest BCUT2D eigenvalue weighted by atomic mass is 16.3. The van der Waals surface area contributed by atoms with Crippen LogP contribution < -0.4 is 5.73 Å². The first-order chi connectivity index (χ1) is 9.35. The van der Waals surface area contributed by atoms with E-state index in [1.54, 1.807) is 0 Å². The predicted molar refractivity (Wildman–Crippen MR) is 85.7 cm³/mol. The van der Waals surface area contributed by atoms with Crippen molar-refractivity contribution in [2.45, 2.75) is 60.0 Å². The van der Waals surface area contributed by atoms with Gasteiger partial charge in [-0.05, 0) is 37.3 Å². The maximum Gasteiger partial charge on any atom is 0.122 e. The summed E-state index contributed by atoms with van der Waals surface area (Å²) in [5.41, 5.74) is 6.41. The SMILES string of the molecule is CCC(N)C(c1ccc(C)o1)N(CC(C)C)CC(C)C. The van der Waals surface area contributed by atoms with Crippen LogP contribution in [0.1, 0.15) is 58.6 Å². The molecule has 0 aliphatic rings. The van der Waals surface area contributed by atoms with E-state index in [9.17, 15) is 0 Å². The van der Waals surface area contributed by atoms with Gasteiger partial charge in [0.15, 0.2) is 0 Å². The molecule has 0 aliphatic heterocycles. The fourth-order valence-electron chi connectivity index (χ4n) is 2.74. The van der Waals surface area contributed by atoms with E-state index in [2.05, 4.69) is 45.6 Å². The number of furan rings is 1. The summed E-state index contributed by atoms with van der Waals surface area (Å²) in [6, 6.07) is 4.41. The number of hydrogen-bond donors (Lipinski definition) is 1. The van der Waals surface area contributed by atoms with E-state index in [-0.39, 0.29) is 12.1 Å². The van der Waals surface area contributed by atoms with E-state index in [1.165, 1.54) is 0 Å². The third-order valence-corrected chi connectivity index (χ3v) is 3.52. The summed E-state index contributed by atoms with van der Waals surface area (Å²) < 4.78 is 5.89. The standard InChI is InChI=1S/C17H32N2O/c1-7-15(18)17(16-9-8-14(6)20-16)19(10-12(2)3)11-13(4)5/h8-9,12-13,15,17H,7,10-11,18H2,1-6H3. The highest BCUT2D eigenvalue weighted by molar-refractivity contribution is 5.12. The molecule has 1 heterocycles. The van der Waals surface area contributed by atoms with Gasteiger partial charge in [0.2, 0.25) is 0 Å². The van der Waals surface area contributed by atoms with Crippen molar-refractivity contribution < 1.29 is 4.42 Å². The molecular formula is C17H32N2O. The molecule has 0 aromatic carbocycles. The van der Waals surface area contributed by atoms with Crippen LogP contribution in [0.25, 0.3) is 0 Å². The molecule has 2 N–H and O–H groups in total. The third-order valence-electron chi connectivity index (χ3n) is 3.52. The minimum Gasteiger partial charge on any atom is -0.465 e. The first kappa shape index (κ1) is 17.3. The van der Waals surface area contributed by atoms with E-state index < -0.39 is 0 Å². The molecule has 20 heavy (non-hydrogen) atoms. The molecule has 0 saturated heterocycles. The largest absolute Gasteiger partial charge is 0.465 e. The van der Waals surface area contributed by atoms with Crippen molar-refractivity contribution in [3.05, 3.63) is 23.7 Å². The number of rotatable bonds is 8. The van der Waals surface area contributed by atoms with Crippen molar-refractivity contribution in [3.8, 4) is 0 Å².